The number of rotatable bonds is 4. The van der Waals surface area contributed by atoms with E-state index in [9.17, 15) is 10.1 Å². The number of fused-ring (bicyclic) bond motifs is 1. The van der Waals surface area contributed by atoms with Crippen molar-refractivity contribution < 1.29 is 14.3 Å². The normalized spacial score (nSPS) is 15.8. The topological polar surface area (TPSA) is 113 Å². The number of likely N-dealkylation sites (tertiary alicyclic amines) is 1. The average molecular weight is 447 g/mol. The lowest BCUT2D eigenvalue weighted by Crippen LogP contribution is -2.36. The first-order chi connectivity index (χ1) is 15.8. The summed E-state index contributed by atoms with van der Waals surface area (Å²) in [5, 5.41) is 13.7. The Labute approximate surface area is 192 Å². The molecule has 0 radical (unpaired) electrons. The molecule has 1 aliphatic heterocycles. The number of amides is 1. The Bertz CT molecular complexity index is 1230. The maximum Gasteiger partial charge on any atom is 0.410 e. The molecule has 0 saturated carbocycles. The molecule has 0 bridgehead atoms. The lowest BCUT2D eigenvalue weighted by Gasteiger charge is -2.24. The highest BCUT2D eigenvalue weighted by Gasteiger charge is 2.30. The lowest BCUT2D eigenvalue weighted by atomic mass is 10.0. The number of pyridine rings is 1. The van der Waals surface area contributed by atoms with Crippen molar-refractivity contribution in [2.45, 2.75) is 38.8 Å². The molecule has 3 heterocycles. The minimum absolute atomic E-state index is 0.0483. The molecule has 1 saturated heterocycles. The zero-order valence-electron chi connectivity index (χ0n) is 19.1. The molecule has 3 aromatic rings. The third-order valence-electron chi connectivity index (χ3n) is 5.31. The Kier molecular flexibility index (Phi) is 6.01. The quantitative estimate of drug-likeness (QED) is 0.640. The Morgan fingerprint density at radius 3 is 2.76 bits per heavy atom. The Hall–Kier alpha value is -3.93. The van der Waals surface area contributed by atoms with E-state index in [1.54, 1.807) is 17.2 Å². The molecule has 4 rings (SSSR count). The van der Waals surface area contributed by atoms with E-state index in [1.165, 1.54) is 13.4 Å². The highest BCUT2D eigenvalue weighted by atomic mass is 16.6. The van der Waals surface area contributed by atoms with Crippen LogP contribution in [0.3, 0.4) is 0 Å². The summed E-state index contributed by atoms with van der Waals surface area (Å²) in [7, 11) is 1.49. The number of ether oxygens (including phenoxy) is 2. The Balaban J connectivity index is 1.57. The van der Waals surface area contributed by atoms with Gasteiger partial charge >= 0.3 is 6.09 Å². The van der Waals surface area contributed by atoms with Crippen molar-refractivity contribution in [1.29, 1.82) is 5.26 Å². The van der Waals surface area contributed by atoms with Crippen LogP contribution in [0.25, 0.3) is 22.0 Å². The molecular weight excluding hydrogens is 420 g/mol. The van der Waals surface area contributed by atoms with E-state index in [0.717, 1.165) is 28.5 Å². The number of carbonyl (C=O) groups is 1. The van der Waals surface area contributed by atoms with Gasteiger partial charge in [0, 0.05) is 36.3 Å². The number of hydrogen-bond acceptors (Lipinski definition) is 8. The lowest BCUT2D eigenvalue weighted by molar-refractivity contribution is 0.0293. The van der Waals surface area contributed by atoms with Crippen molar-refractivity contribution in [3.63, 3.8) is 0 Å². The van der Waals surface area contributed by atoms with Gasteiger partial charge in [-0.3, -0.25) is 0 Å². The van der Waals surface area contributed by atoms with Gasteiger partial charge in [-0.15, -0.1) is 0 Å². The highest BCUT2D eigenvalue weighted by molar-refractivity contribution is 5.92. The maximum atomic E-state index is 12.4. The molecule has 9 nitrogen and oxygen atoms in total. The van der Waals surface area contributed by atoms with Gasteiger partial charge in [0.25, 0.3) is 0 Å². The molecule has 1 atom stereocenters. The van der Waals surface area contributed by atoms with Crippen LogP contribution in [-0.4, -0.2) is 57.8 Å². The fourth-order valence-electron chi connectivity index (χ4n) is 3.77. The summed E-state index contributed by atoms with van der Waals surface area (Å²) >= 11 is 0. The van der Waals surface area contributed by atoms with Crippen molar-refractivity contribution in [2.75, 3.05) is 25.5 Å². The van der Waals surface area contributed by atoms with E-state index < -0.39 is 5.60 Å². The fraction of sp³-hybridized carbons (Fsp3) is 0.375. The van der Waals surface area contributed by atoms with Crippen LogP contribution in [0.4, 0.5) is 10.6 Å². The molecule has 1 N–H and O–H groups in total. The summed E-state index contributed by atoms with van der Waals surface area (Å²) in [5.41, 5.74) is 2.31. The Morgan fingerprint density at radius 1 is 1.21 bits per heavy atom. The smallest absolute Gasteiger partial charge is 0.410 e. The van der Waals surface area contributed by atoms with Gasteiger partial charge in [0.05, 0.1) is 12.6 Å². The highest BCUT2D eigenvalue weighted by Crippen LogP contribution is 2.29. The largest absolute Gasteiger partial charge is 0.480 e. The molecule has 170 valence electrons. The van der Waals surface area contributed by atoms with Crippen LogP contribution in [0.2, 0.25) is 0 Å². The van der Waals surface area contributed by atoms with Gasteiger partial charge in [0.2, 0.25) is 5.88 Å². The van der Waals surface area contributed by atoms with Gasteiger partial charge < -0.3 is 19.7 Å². The van der Waals surface area contributed by atoms with Crippen molar-refractivity contribution >= 4 is 22.8 Å². The summed E-state index contributed by atoms with van der Waals surface area (Å²) in [6.07, 6.45) is 3.68. The van der Waals surface area contributed by atoms with E-state index in [2.05, 4.69) is 26.3 Å². The monoisotopic (exact) mass is 446 g/mol. The first-order valence-corrected chi connectivity index (χ1v) is 10.7. The van der Waals surface area contributed by atoms with Crippen LogP contribution in [0.1, 0.15) is 32.8 Å². The van der Waals surface area contributed by atoms with Gasteiger partial charge in [0.1, 0.15) is 29.4 Å². The summed E-state index contributed by atoms with van der Waals surface area (Å²) in [6.45, 7) is 6.74. The van der Waals surface area contributed by atoms with Crippen LogP contribution in [-0.2, 0) is 4.74 Å². The third kappa shape index (κ3) is 4.95. The molecule has 1 aliphatic rings. The summed E-state index contributed by atoms with van der Waals surface area (Å²) in [6, 6.07) is 9.73. The second kappa shape index (κ2) is 8.90. The third-order valence-corrected chi connectivity index (χ3v) is 5.31. The summed E-state index contributed by atoms with van der Waals surface area (Å²) in [5.74, 6) is 0.989. The van der Waals surface area contributed by atoms with Crippen LogP contribution in [0, 0.1) is 11.3 Å². The van der Waals surface area contributed by atoms with E-state index in [-0.39, 0.29) is 12.1 Å². The van der Waals surface area contributed by atoms with Crippen LogP contribution < -0.4 is 10.1 Å². The number of nitriles is 1. The number of nitrogens with zero attached hydrogens (tertiary/aromatic N) is 5. The van der Waals surface area contributed by atoms with Gasteiger partial charge in [-0.05, 0) is 51.0 Å². The number of carbonyl (C=O) groups excluding carboxylic acids is 1. The van der Waals surface area contributed by atoms with Gasteiger partial charge in [-0.2, -0.15) is 5.26 Å². The Morgan fingerprint density at radius 2 is 2.03 bits per heavy atom. The van der Waals surface area contributed by atoms with Gasteiger partial charge in [-0.1, -0.05) is 6.07 Å². The van der Waals surface area contributed by atoms with Crippen LogP contribution >= 0.6 is 0 Å². The number of aromatic nitrogens is 3. The van der Waals surface area contributed by atoms with E-state index in [0.29, 0.717) is 30.4 Å². The molecule has 0 spiro atoms. The summed E-state index contributed by atoms with van der Waals surface area (Å²) in [4.78, 5) is 27.2. The van der Waals surface area contributed by atoms with Crippen LogP contribution in [0.15, 0.2) is 36.8 Å². The molecule has 9 heteroatoms. The molecule has 1 amide bonds. The number of methoxy groups -OCH3 is 1. The first-order valence-electron chi connectivity index (χ1n) is 10.7. The number of benzene rings is 1. The zero-order valence-corrected chi connectivity index (χ0v) is 19.1. The standard InChI is InChI=1S/C24H26N6O3/c1-24(2,3)33-23(31)30-8-7-18(13-30)29-21-19-10-15(5-6-20(19)27-14-28-21)17-9-16(11-25)22(32-4)26-12-17/h5-6,9-10,12,14,18H,7-8,13H2,1-4H3,(H,27,28,29)/t18-/m0/s1. The molecular formula is C24H26N6O3. The predicted molar refractivity (Wildman–Crippen MR) is 124 cm³/mol. The molecule has 1 fully saturated rings. The molecule has 2 aromatic heterocycles. The number of hydrogen-bond donors (Lipinski definition) is 1. The number of nitrogens with one attached hydrogen (secondary N) is 1. The number of anilines is 1. The SMILES string of the molecule is COc1ncc(-c2ccc3ncnc(N[C@H]4CCN(C(=O)OC(C)(C)C)C4)c3c2)cc1C#N. The fourth-order valence-corrected chi connectivity index (χ4v) is 3.77. The van der Waals surface area contributed by atoms with E-state index >= 15 is 0 Å². The zero-order chi connectivity index (χ0) is 23.6. The van der Waals surface area contributed by atoms with Crippen molar-refractivity contribution in [3.8, 4) is 23.1 Å². The first kappa shape index (κ1) is 22.3. The van der Waals surface area contributed by atoms with Crippen molar-refractivity contribution in [2.24, 2.45) is 0 Å². The van der Waals surface area contributed by atoms with Gasteiger partial charge in [-0.25, -0.2) is 19.7 Å². The van der Waals surface area contributed by atoms with Crippen molar-refractivity contribution in [3.05, 3.63) is 42.4 Å². The van der Waals surface area contributed by atoms with E-state index in [4.69, 9.17) is 9.47 Å². The van der Waals surface area contributed by atoms with E-state index in [1.807, 2.05) is 39.0 Å². The van der Waals surface area contributed by atoms with Crippen molar-refractivity contribution in [1.82, 2.24) is 19.9 Å². The van der Waals surface area contributed by atoms with Gasteiger partial charge in [0.15, 0.2) is 0 Å². The minimum Gasteiger partial charge on any atom is -0.480 e. The maximum absolute atomic E-state index is 12.4. The molecule has 1 aromatic carbocycles. The summed E-state index contributed by atoms with van der Waals surface area (Å²) < 4.78 is 10.6. The predicted octanol–water partition coefficient (Wildman–Crippen LogP) is 3.99. The molecule has 0 aliphatic carbocycles. The second-order valence-electron chi connectivity index (χ2n) is 8.90. The molecule has 0 unspecified atom stereocenters. The van der Waals surface area contributed by atoms with Crippen LogP contribution in [0.5, 0.6) is 5.88 Å². The average Bonchev–Trinajstić information content (AvgIpc) is 3.26. The second-order valence-corrected chi connectivity index (χ2v) is 8.90. The molecule has 33 heavy (non-hydrogen) atoms. The minimum atomic E-state index is -0.524.